The lowest BCUT2D eigenvalue weighted by Gasteiger charge is -2.38. The summed E-state index contributed by atoms with van der Waals surface area (Å²) >= 11 is 0. The maximum absolute atomic E-state index is 11.7. The second-order valence-corrected chi connectivity index (χ2v) is 7.55. The number of aliphatic carboxylic acids is 1. The van der Waals surface area contributed by atoms with Crippen molar-refractivity contribution >= 4 is 16.0 Å². The largest absolute Gasteiger partial charge is 0.480 e. The number of carboxylic acid groups (broad SMARTS) is 1. The van der Waals surface area contributed by atoms with Crippen molar-refractivity contribution in [1.82, 2.24) is 9.62 Å². The lowest BCUT2D eigenvalue weighted by atomic mass is 9.81. The fourth-order valence-electron chi connectivity index (χ4n) is 1.87. The third-order valence-electron chi connectivity index (χ3n) is 3.71. The van der Waals surface area contributed by atoms with Crippen molar-refractivity contribution < 1.29 is 18.3 Å². The van der Waals surface area contributed by atoms with Crippen molar-refractivity contribution in [3.05, 3.63) is 0 Å². The summed E-state index contributed by atoms with van der Waals surface area (Å²) in [6.07, 6.45) is 1.82. The first-order valence-corrected chi connectivity index (χ1v) is 7.61. The highest BCUT2D eigenvalue weighted by Gasteiger charge is 2.33. The Labute approximate surface area is 108 Å². The topological polar surface area (TPSA) is 86.7 Å². The van der Waals surface area contributed by atoms with E-state index in [0.717, 1.165) is 25.9 Å². The molecular weight excluding hydrogens is 256 g/mol. The highest BCUT2D eigenvalue weighted by Crippen LogP contribution is 2.29. The molecule has 0 aromatic heterocycles. The first-order chi connectivity index (χ1) is 8.16. The molecule has 1 fully saturated rings. The normalized spacial score (nSPS) is 22.6. The third-order valence-corrected chi connectivity index (χ3v) is 5.39. The lowest BCUT2D eigenvalue weighted by molar-refractivity contribution is -0.136. The highest BCUT2D eigenvalue weighted by atomic mass is 32.2. The Bertz CT molecular complexity index is 399. The van der Waals surface area contributed by atoms with Gasteiger partial charge in [-0.1, -0.05) is 6.92 Å². The quantitative estimate of drug-likeness (QED) is 0.745. The SMILES string of the molecule is CC(C(=O)O)S(=O)(=O)NCC1(C)CCN(C)CC1. The van der Waals surface area contributed by atoms with Gasteiger partial charge in [-0.3, -0.25) is 4.79 Å². The lowest BCUT2D eigenvalue weighted by Crippen LogP contribution is -2.46. The van der Waals surface area contributed by atoms with Gasteiger partial charge in [0, 0.05) is 6.54 Å². The monoisotopic (exact) mass is 278 g/mol. The standard InChI is InChI=1S/C11H22N2O4S/c1-9(10(14)15)18(16,17)12-8-11(2)4-6-13(3)7-5-11/h9,12H,4-8H2,1-3H3,(H,14,15). The van der Waals surface area contributed by atoms with Gasteiger partial charge in [0.2, 0.25) is 10.0 Å². The molecule has 7 heteroatoms. The van der Waals surface area contributed by atoms with E-state index in [1.165, 1.54) is 6.92 Å². The number of carboxylic acids is 1. The molecule has 0 spiro atoms. The van der Waals surface area contributed by atoms with Gasteiger partial charge in [0.25, 0.3) is 0 Å². The predicted molar refractivity (Wildman–Crippen MR) is 68.9 cm³/mol. The number of hydrogen-bond donors (Lipinski definition) is 2. The molecule has 1 atom stereocenters. The van der Waals surface area contributed by atoms with Crippen LogP contribution < -0.4 is 4.72 Å². The summed E-state index contributed by atoms with van der Waals surface area (Å²) in [5, 5.41) is 7.32. The highest BCUT2D eigenvalue weighted by molar-refractivity contribution is 7.90. The zero-order chi connectivity index (χ0) is 14.0. The number of sulfonamides is 1. The summed E-state index contributed by atoms with van der Waals surface area (Å²) in [6, 6.07) is 0. The Kier molecular flexibility index (Phi) is 4.74. The van der Waals surface area contributed by atoms with Crippen LogP contribution in [0.2, 0.25) is 0 Å². The molecule has 0 aliphatic carbocycles. The minimum Gasteiger partial charge on any atom is -0.480 e. The molecular formula is C11H22N2O4S. The summed E-state index contributed by atoms with van der Waals surface area (Å²) in [6.45, 7) is 5.40. The number of rotatable bonds is 5. The Balaban J connectivity index is 2.57. The smallest absolute Gasteiger partial charge is 0.323 e. The molecule has 1 aliphatic rings. The van der Waals surface area contributed by atoms with Crippen molar-refractivity contribution in [3.8, 4) is 0 Å². The summed E-state index contributed by atoms with van der Waals surface area (Å²) < 4.78 is 25.9. The first kappa shape index (κ1) is 15.4. The van der Waals surface area contributed by atoms with E-state index in [4.69, 9.17) is 5.11 Å². The molecule has 1 saturated heterocycles. The Morgan fingerprint density at radius 2 is 1.94 bits per heavy atom. The van der Waals surface area contributed by atoms with Crippen molar-refractivity contribution in [1.29, 1.82) is 0 Å². The van der Waals surface area contributed by atoms with Crippen LogP contribution in [0.25, 0.3) is 0 Å². The molecule has 0 aromatic carbocycles. The minimum atomic E-state index is -3.77. The second kappa shape index (κ2) is 5.54. The van der Waals surface area contributed by atoms with Crippen LogP contribution in [0, 0.1) is 5.41 Å². The van der Waals surface area contributed by atoms with Gasteiger partial charge in [0.15, 0.2) is 5.25 Å². The Morgan fingerprint density at radius 1 is 1.44 bits per heavy atom. The van der Waals surface area contributed by atoms with E-state index in [9.17, 15) is 13.2 Å². The average Bonchev–Trinajstić information content (AvgIpc) is 2.30. The van der Waals surface area contributed by atoms with E-state index in [0.29, 0.717) is 6.54 Å². The zero-order valence-electron chi connectivity index (χ0n) is 11.1. The minimum absolute atomic E-state index is 0.0855. The van der Waals surface area contributed by atoms with Gasteiger partial charge in [-0.15, -0.1) is 0 Å². The Hall–Kier alpha value is -0.660. The van der Waals surface area contributed by atoms with E-state index >= 15 is 0 Å². The molecule has 1 heterocycles. The molecule has 2 N–H and O–H groups in total. The summed E-state index contributed by atoms with van der Waals surface area (Å²) in [5.74, 6) is -1.32. The number of nitrogens with zero attached hydrogens (tertiary/aromatic N) is 1. The van der Waals surface area contributed by atoms with Crippen LogP contribution in [0.15, 0.2) is 0 Å². The fourth-order valence-corrected chi connectivity index (χ4v) is 2.93. The molecule has 0 aromatic rings. The van der Waals surface area contributed by atoms with Gasteiger partial charge in [-0.2, -0.15) is 0 Å². The summed E-state index contributed by atoms with van der Waals surface area (Å²) in [7, 11) is -1.74. The molecule has 1 aliphatic heterocycles. The van der Waals surface area contributed by atoms with Crippen molar-refractivity contribution in [2.45, 2.75) is 31.9 Å². The maximum atomic E-state index is 11.7. The summed E-state index contributed by atoms with van der Waals surface area (Å²) in [5.41, 5.74) is -0.0855. The van der Waals surface area contributed by atoms with Crippen LogP contribution in [0.3, 0.4) is 0 Å². The van der Waals surface area contributed by atoms with Crippen molar-refractivity contribution in [3.63, 3.8) is 0 Å². The maximum Gasteiger partial charge on any atom is 0.323 e. The van der Waals surface area contributed by atoms with Gasteiger partial charge in [0.05, 0.1) is 0 Å². The van der Waals surface area contributed by atoms with Crippen LogP contribution >= 0.6 is 0 Å². The first-order valence-electron chi connectivity index (χ1n) is 6.06. The number of carbonyl (C=O) groups is 1. The van der Waals surface area contributed by atoms with E-state index in [2.05, 4.69) is 9.62 Å². The van der Waals surface area contributed by atoms with E-state index in [1.54, 1.807) is 0 Å². The predicted octanol–water partition coefficient (Wildman–Crippen LogP) is 0.111. The zero-order valence-corrected chi connectivity index (χ0v) is 12.0. The molecule has 1 rings (SSSR count). The molecule has 0 saturated carbocycles. The second-order valence-electron chi connectivity index (χ2n) is 5.46. The Morgan fingerprint density at radius 3 is 2.39 bits per heavy atom. The van der Waals surface area contributed by atoms with Crippen molar-refractivity contribution in [2.24, 2.45) is 5.41 Å². The van der Waals surface area contributed by atoms with Crippen LogP contribution in [-0.4, -0.2) is 56.3 Å². The molecule has 106 valence electrons. The number of hydrogen-bond acceptors (Lipinski definition) is 4. The molecule has 0 radical (unpaired) electrons. The van der Waals surface area contributed by atoms with Gasteiger partial charge in [0.1, 0.15) is 0 Å². The van der Waals surface area contributed by atoms with Gasteiger partial charge < -0.3 is 10.0 Å². The van der Waals surface area contributed by atoms with Crippen molar-refractivity contribution in [2.75, 3.05) is 26.7 Å². The number of piperidine rings is 1. The van der Waals surface area contributed by atoms with Gasteiger partial charge >= 0.3 is 5.97 Å². The summed E-state index contributed by atoms with van der Waals surface area (Å²) in [4.78, 5) is 12.9. The molecule has 0 bridgehead atoms. The van der Waals surface area contributed by atoms with Crippen LogP contribution in [-0.2, 0) is 14.8 Å². The van der Waals surface area contributed by atoms with Crippen LogP contribution in [0.5, 0.6) is 0 Å². The number of nitrogens with one attached hydrogen (secondary N) is 1. The number of likely N-dealkylation sites (tertiary alicyclic amines) is 1. The average molecular weight is 278 g/mol. The third kappa shape index (κ3) is 3.93. The van der Waals surface area contributed by atoms with Gasteiger partial charge in [-0.25, -0.2) is 13.1 Å². The fraction of sp³-hybridized carbons (Fsp3) is 0.909. The molecule has 0 amide bonds. The van der Waals surface area contributed by atoms with Crippen LogP contribution in [0.4, 0.5) is 0 Å². The van der Waals surface area contributed by atoms with Crippen LogP contribution in [0.1, 0.15) is 26.7 Å². The molecule has 1 unspecified atom stereocenters. The van der Waals surface area contributed by atoms with Gasteiger partial charge in [-0.05, 0) is 45.3 Å². The van der Waals surface area contributed by atoms with E-state index < -0.39 is 21.2 Å². The van der Waals surface area contributed by atoms with E-state index in [-0.39, 0.29) is 5.41 Å². The molecule has 18 heavy (non-hydrogen) atoms. The molecule has 6 nitrogen and oxygen atoms in total. The van der Waals surface area contributed by atoms with E-state index in [1.807, 2.05) is 14.0 Å².